The molecule has 0 spiro atoms. The van der Waals surface area contributed by atoms with Gasteiger partial charge in [0.2, 0.25) is 0 Å². The number of aromatic nitrogens is 2. The van der Waals surface area contributed by atoms with E-state index in [0.717, 1.165) is 22.3 Å². The number of benzene rings is 2. The number of rotatable bonds is 3. The summed E-state index contributed by atoms with van der Waals surface area (Å²) in [4.78, 5) is 11.4. The van der Waals surface area contributed by atoms with Crippen LogP contribution in [0.5, 0.6) is 0 Å². The Morgan fingerprint density at radius 2 is 1.95 bits per heavy atom. The van der Waals surface area contributed by atoms with E-state index in [9.17, 15) is 4.79 Å². The largest absolute Gasteiger partial charge is 0.354 e. The molecule has 4 heteroatoms. The fourth-order valence-electron chi connectivity index (χ4n) is 2.08. The highest BCUT2D eigenvalue weighted by atomic mass is 16.1. The summed E-state index contributed by atoms with van der Waals surface area (Å²) in [6.07, 6.45) is 1.68. The van der Waals surface area contributed by atoms with Crippen molar-refractivity contribution in [3.8, 4) is 0 Å². The molecule has 98 valence electrons. The lowest BCUT2D eigenvalue weighted by atomic mass is 10.1. The molecule has 0 bridgehead atoms. The highest BCUT2D eigenvalue weighted by Crippen LogP contribution is 2.24. The Balaban J connectivity index is 2.01. The molecule has 0 aliphatic carbocycles. The quantitative estimate of drug-likeness (QED) is 0.734. The highest BCUT2D eigenvalue weighted by Gasteiger charge is 2.04. The summed E-state index contributed by atoms with van der Waals surface area (Å²) in [6.45, 7) is 1.56. The third kappa shape index (κ3) is 2.36. The zero-order valence-corrected chi connectivity index (χ0v) is 11.0. The SMILES string of the molecule is CC(=O)c1cccc(Nc2cnnc3ccccc23)c1. The number of Topliss-reactive ketones (excluding diaryl/α,β-unsaturated/α-hetero) is 1. The molecule has 0 radical (unpaired) electrons. The molecule has 0 amide bonds. The van der Waals surface area contributed by atoms with Crippen molar-refractivity contribution in [3.05, 3.63) is 60.3 Å². The van der Waals surface area contributed by atoms with Gasteiger partial charge in [0.25, 0.3) is 0 Å². The Morgan fingerprint density at radius 3 is 2.80 bits per heavy atom. The summed E-state index contributed by atoms with van der Waals surface area (Å²) in [6, 6.07) is 15.2. The minimum absolute atomic E-state index is 0.0476. The van der Waals surface area contributed by atoms with Gasteiger partial charge in [0, 0.05) is 16.6 Å². The van der Waals surface area contributed by atoms with Gasteiger partial charge >= 0.3 is 0 Å². The predicted molar refractivity (Wildman–Crippen MR) is 79.3 cm³/mol. The molecule has 1 heterocycles. The van der Waals surface area contributed by atoms with Gasteiger partial charge in [-0.3, -0.25) is 4.79 Å². The average Bonchev–Trinajstić information content (AvgIpc) is 2.48. The van der Waals surface area contributed by atoms with Crippen molar-refractivity contribution < 1.29 is 4.79 Å². The third-order valence-electron chi connectivity index (χ3n) is 3.09. The van der Waals surface area contributed by atoms with Gasteiger partial charge in [0.05, 0.1) is 17.4 Å². The maximum absolute atomic E-state index is 11.4. The van der Waals surface area contributed by atoms with E-state index in [4.69, 9.17) is 0 Å². The van der Waals surface area contributed by atoms with E-state index in [2.05, 4.69) is 15.5 Å². The molecule has 2 aromatic carbocycles. The lowest BCUT2D eigenvalue weighted by Crippen LogP contribution is -1.97. The summed E-state index contributed by atoms with van der Waals surface area (Å²) >= 11 is 0. The fraction of sp³-hybridized carbons (Fsp3) is 0.0625. The van der Waals surface area contributed by atoms with Crippen LogP contribution < -0.4 is 5.32 Å². The lowest BCUT2D eigenvalue weighted by molar-refractivity contribution is 0.101. The molecule has 0 aliphatic heterocycles. The molecular weight excluding hydrogens is 250 g/mol. The number of fused-ring (bicyclic) bond motifs is 1. The molecule has 20 heavy (non-hydrogen) atoms. The first-order valence-corrected chi connectivity index (χ1v) is 6.32. The molecule has 0 aliphatic rings. The Morgan fingerprint density at radius 1 is 1.10 bits per heavy atom. The summed E-state index contributed by atoms with van der Waals surface area (Å²) in [7, 11) is 0. The number of ketones is 1. The van der Waals surface area contributed by atoms with Crippen molar-refractivity contribution in [1.82, 2.24) is 10.2 Å². The number of nitrogens with zero attached hydrogens (tertiary/aromatic N) is 2. The second-order valence-corrected chi connectivity index (χ2v) is 4.54. The molecular formula is C16H13N3O. The van der Waals surface area contributed by atoms with Crippen molar-refractivity contribution in [2.24, 2.45) is 0 Å². The molecule has 3 aromatic rings. The van der Waals surface area contributed by atoms with Gasteiger partial charge in [0.15, 0.2) is 5.78 Å². The smallest absolute Gasteiger partial charge is 0.159 e. The van der Waals surface area contributed by atoms with E-state index in [-0.39, 0.29) is 5.78 Å². The minimum Gasteiger partial charge on any atom is -0.354 e. The van der Waals surface area contributed by atoms with Crippen molar-refractivity contribution in [3.63, 3.8) is 0 Å². The zero-order chi connectivity index (χ0) is 13.9. The highest BCUT2D eigenvalue weighted by molar-refractivity contribution is 5.96. The standard InChI is InChI=1S/C16H13N3O/c1-11(20)12-5-4-6-13(9-12)18-16-10-17-19-15-8-3-2-7-14(15)16/h2-10H,1H3,(H,18,19). The van der Waals surface area contributed by atoms with Crippen LogP contribution >= 0.6 is 0 Å². The van der Waals surface area contributed by atoms with Gasteiger partial charge in [-0.25, -0.2) is 0 Å². The Bertz CT molecular complexity index is 778. The Labute approximate surface area is 116 Å². The molecule has 0 saturated heterocycles. The third-order valence-corrected chi connectivity index (χ3v) is 3.09. The van der Waals surface area contributed by atoms with Crippen LogP contribution in [-0.4, -0.2) is 16.0 Å². The van der Waals surface area contributed by atoms with Crippen LogP contribution in [0.4, 0.5) is 11.4 Å². The first-order chi connectivity index (χ1) is 9.74. The van der Waals surface area contributed by atoms with Crippen molar-refractivity contribution in [2.45, 2.75) is 6.92 Å². The van der Waals surface area contributed by atoms with Crippen LogP contribution in [-0.2, 0) is 0 Å². The van der Waals surface area contributed by atoms with Crippen molar-refractivity contribution >= 4 is 28.1 Å². The monoisotopic (exact) mass is 263 g/mol. The van der Waals surface area contributed by atoms with E-state index < -0.39 is 0 Å². The first kappa shape index (κ1) is 12.3. The number of hydrogen-bond donors (Lipinski definition) is 1. The predicted octanol–water partition coefficient (Wildman–Crippen LogP) is 3.58. The van der Waals surface area contributed by atoms with Crippen LogP contribution in [0.2, 0.25) is 0 Å². The first-order valence-electron chi connectivity index (χ1n) is 6.32. The molecule has 4 nitrogen and oxygen atoms in total. The van der Waals surface area contributed by atoms with E-state index in [1.165, 1.54) is 0 Å². The normalized spacial score (nSPS) is 10.4. The minimum atomic E-state index is 0.0476. The van der Waals surface area contributed by atoms with Gasteiger partial charge in [-0.1, -0.05) is 30.3 Å². The molecule has 3 rings (SSSR count). The number of nitrogens with one attached hydrogen (secondary N) is 1. The maximum Gasteiger partial charge on any atom is 0.159 e. The van der Waals surface area contributed by atoms with Gasteiger partial charge < -0.3 is 5.32 Å². The molecule has 1 N–H and O–H groups in total. The topological polar surface area (TPSA) is 54.9 Å². The van der Waals surface area contributed by atoms with E-state index in [1.54, 1.807) is 19.2 Å². The Kier molecular flexibility index (Phi) is 3.13. The average molecular weight is 263 g/mol. The van der Waals surface area contributed by atoms with Gasteiger partial charge in [0.1, 0.15) is 0 Å². The van der Waals surface area contributed by atoms with Crippen LogP contribution in [0.15, 0.2) is 54.7 Å². The second-order valence-electron chi connectivity index (χ2n) is 4.54. The number of carbonyl (C=O) groups excluding carboxylic acids is 1. The van der Waals surface area contributed by atoms with Crippen LogP contribution in [0.3, 0.4) is 0 Å². The zero-order valence-electron chi connectivity index (χ0n) is 11.0. The van der Waals surface area contributed by atoms with Crippen molar-refractivity contribution in [2.75, 3.05) is 5.32 Å². The molecule has 1 aromatic heterocycles. The number of anilines is 2. The van der Waals surface area contributed by atoms with E-state index >= 15 is 0 Å². The fourth-order valence-corrected chi connectivity index (χ4v) is 2.08. The summed E-state index contributed by atoms with van der Waals surface area (Å²) in [5.74, 6) is 0.0476. The van der Waals surface area contributed by atoms with E-state index in [0.29, 0.717) is 5.56 Å². The van der Waals surface area contributed by atoms with Gasteiger partial charge in [-0.05, 0) is 25.1 Å². The van der Waals surface area contributed by atoms with E-state index in [1.807, 2.05) is 42.5 Å². The van der Waals surface area contributed by atoms with Gasteiger partial charge in [-0.15, -0.1) is 0 Å². The molecule has 0 atom stereocenters. The summed E-state index contributed by atoms with van der Waals surface area (Å²) in [5, 5.41) is 12.4. The van der Waals surface area contributed by atoms with Crippen LogP contribution in [0.1, 0.15) is 17.3 Å². The lowest BCUT2D eigenvalue weighted by Gasteiger charge is -2.09. The number of hydrogen-bond acceptors (Lipinski definition) is 4. The van der Waals surface area contributed by atoms with Crippen molar-refractivity contribution in [1.29, 1.82) is 0 Å². The molecule has 0 fully saturated rings. The summed E-state index contributed by atoms with van der Waals surface area (Å²) < 4.78 is 0. The maximum atomic E-state index is 11.4. The number of carbonyl (C=O) groups is 1. The van der Waals surface area contributed by atoms with Crippen LogP contribution in [0.25, 0.3) is 10.9 Å². The van der Waals surface area contributed by atoms with Crippen LogP contribution in [0, 0.1) is 0 Å². The molecule has 0 saturated carbocycles. The molecule has 0 unspecified atom stereocenters. The summed E-state index contributed by atoms with van der Waals surface area (Å²) in [5.41, 5.74) is 3.24. The van der Waals surface area contributed by atoms with Gasteiger partial charge in [-0.2, -0.15) is 10.2 Å². The second kappa shape index (κ2) is 5.09. The Hall–Kier alpha value is -2.75.